The summed E-state index contributed by atoms with van der Waals surface area (Å²) in [6.07, 6.45) is 4.37. The van der Waals surface area contributed by atoms with Gasteiger partial charge in [-0.25, -0.2) is 0 Å². The number of nitrogens with two attached hydrogens (primary N) is 1. The highest BCUT2D eigenvalue weighted by Crippen LogP contribution is 2.32. The first-order chi connectivity index (χ1) is 11.5. The zero-order chi connectivity index (χ0) is 17.5. The van der Waals surface area contributed by atoms with Gasteiger partial charge in [0.1, 0.15) is 0 Å². The topological polar surface area (TPSA) is 84.2 Å². The summed E-state index contributed by atoms with van der Waals surface area (Å²) in [4.78, 5) is 24.1. The first-order valence-corrected chi connectivity index (χ1v) is 8.86. The summed E-state index contributed by atoms with van der Waals surface area (Å²) in [6.45, 7) is 3.75. The average molecular weight is 331 g/mol. The van der Waals surface area contributed by atoms with Crippen LogP contribution in [0.25, 0.3) is 0 Å². The minimum Gasteiger partial charge on any atom is -0.351 e. The molecule has 3 atom stereocenters. The van der Waals surface area contributed by atoms with Gasteiger partial charge in [0, 0.05) is 12.0 Å². The molecule has 5 nitrogen and oxygen atoms in total. The number of nitrogens with one attached hydrogen (secondary N) is 2. The van der Waals surface area contributed by atoms with E-state index in [1.54, 1.807) is 0 Å². The molecule has 1 aromatic rings. The Kier molecular flexibility index (Phi) is 6.79. The van der Waals surface area contributed by atoms with Crippen LogP contribution in [-0.2, 0) is 9.59 Å². The first-order valence-electron chi connectivity index (χ1n) is 8.86. The van der Waals surface area contributed by atoms with Gasteiger partial charge in [0.05, 0.1) is 12.6 Å². The second-order valence-electron chi connectivity index (χ2n) is 6.96. The number of carbonyl (C=O) groups excluding carboxylic acids is 2. The Morgan fingerprint density at radius 3 is 2.50 bits per heavy atom. The highest BCUT2D eigenvalue weighted by molar-refractivity contribution is 5.87. The summed E-state index contributed by atoms with van der Waals surface area (Å²) in [7, 11) is 0. The van der Waals surface area contributed by atoms with Crippen LogP contribution in [0.1, 0.15) is 51.0 Å². The predicted octanol–water partition coefficient (Wildman–Crippen LogP) is 1.93. The Hall–Kier alpha value is -1.88. The molecule has 1 fully saturated rings. The Balaban J connectivity index is 1.88. The van der Waals surface area contributed by atoms with Gasteiger partial charge in [-0.15, -0.1) is 0 Å². The zero-order valence-electron chi connectivity index (χ0n) is 14.6. The third kappa shape index (κ3) is 5.06. The molecule has 2 rings (SSSR count). The average Bonchev–Trinajstić information content (AvgIpc) is 2.60. The second-order valence-corrected chi connectivity index (χ2v) is 6.96. The van der Waals surface area contributed by atoms with Crippen LogP contribution in [0.2, 0.25) is 0 Å². The van der Waals surface area contributed by atoms with Crippen molar-refractivity contribution >= 4 is 11.8 Å². The second kappa shape index (κ2) is 8.83. The van der Waals surface area contributed by atoms with E-state index in [4.69, 9.17) is 5.73 Å². The lowest BCUT2D eigenvalue weighted by Crippen LogP contribution is -2.49. The smallest absolute Gasteiger partial charge is 0.239 e. The Labute approximate surface area is 144 Å². The maximum atomic E-state index is 12.2. The molecule has 0 saturated heterocycles. The fraction of sp³-hybridized carbons (Fsp3) is 0.579. The molecule has 2 amide bonds. The molecule has 0 aliphatic heterocycles. The number of benzene rings is 1. The summed E-state index contributed by atoms with van der Waals surface area (Å²) >= 11 is 0. The van der Waals surface area contributed by atoms with Crippen LogP contribution in [-0.4, -0.2) is 30.4 Å². The standard InChI is InChI=1S/C19H29N3O2/c1-13(2)18(20)19(24)21-12-17(23)22-16-11-7-6-10-15(16)14-8-4-3-5-9-14/h3-5,8-9,13,15-16,18H,6-7,10-12,20H2,1-2H3,(H,21,24)(H,22,23)/t15?,16?,18-/m0/s1. The van der Waals surface area contributed by atoms with E-state index >= 15 is 0 Å². The molecule has 132 valence electrons. The Bertz CT molecular complexity index is 545. The van der Waals surface area contributed by atoms with Crippen LogP contribution in [0.4, 0.5) is 0 Å². The molecule has 1 aliphatic rings. The third-order valence-electron chi connectivity index (χ3n) is 4.78. The maximum absolute atomic E-state index is 12.2. The van der Waals surface area contributed by atoms with Crippen LogP contribution in [0, 0.1) is 5.92 Å². The zero-order valence-corrected chi connectivity index (χ0v) is 14.6. The predicted molar refractivity (Wildman–Crippen MR) is 95.4 cm³/mol. The van der Waals surface area contributed by atoms with Crippen molar-refractivity contribution < 1.29 is 9.59 Å². The third-order valence-corrected chi connectivity index (χ3v) is 4.78. The summed E-state index contributed by atoms with van der Waals surface area (Å²) in [6, 6.07) is 9.88. The SMILES string of the molecule is CC(C)[C@H](N)C(=O)NCC(=O)NC1CCCCC1c1ccccc1. The molecule has 0 bridgehead atoms. The van der Waals surface area contributed by atoms with Crippen LogP contribution < -0.4 is 16.4 Å². The molecule has 0 radical (unpaired) electrons. The van der Waals surface area contributed by atoms with Gasteiger partial charge in [-0.3, -0.25) is 9.59 Å². The van der Waals surface area contributed by atoms with E-state index in [1.165, 1.54) is 12.0 Å². The van der Waals surface area contributed by atoms with E-state index in [2.05, 4.69) is 22.8 Å². The molecule has 0 spiro atoms. The van der Waals surface area contributed by atoms with Gasteiger partial charge in [0.25, 0.3) is 0 Å². The minimum atomic E-state index is -0.579. The van der Waals surface area contributed by atoms with Crippen LogP contribution >= 0.6 is 0 Å². The van der Waals surface area contributed by atoms with Gasteiger partial charge in [0.15, 0.2) is 0 Å². The van der Waals surface area contributed by atoms with Crippen LogP contribution in [0.15, 0.2) is 30.3 Å². The van der Waals surface area contributed by atoms with E-state index in [0.29, 0.717) is 5.92 Å². The molecule has 0 aromatic heterocycles. The molecule has 1 saturated carbocycles. The summed E-state index contributed by atoms with van der Waals surface area (Å²) in [5.74, 6) is -0.0260. The van der Waals surface area contributed by atoms with Crippen molar-refractivity contribution in [3.05, 3.63) is 35.9 Å². The molecular weight excluding hydrogens is 302 g/mol. The van der Waals surface area contributed by atoms with Crippen LogP contribution in [0.3, 0.4) is 0 Å². The van der Waals surface area contributed by atoms with Gasteiger partial charge < -0.3 is 16.4 Å². The minimum absolute atomic E-state index is 0.0166. The summed E-state index contributed by atoms with van der Waals surface area (Å²) in [5.41, 5.74) is 7.06. The van der Waals surface area contributed by atoms with Crippen molar-refractivity contribution in [2.45, 2.75) is 57.5 Å². The van der Waals surface area contributed by atoms with Crippen molar-refractivity contribution in [2.75, 3.05) is 6.54 Å². The van der Waals surface area contributed by atoms with Gasteiger partial charge >= 0.3 is 0 Å². The number of rotatable bonds is 6. The normalized spacial score (nSPS) is 22.0. The van der Waals surface area contributed by atoms with E-state index < -0.39 is 6.04 Å². The van der Waals surface area contributed by atoms with Crippen molar-refractivity contribution in [1.29, 1.82) is 0 Å². The molecule has 2 unspecified atom stereocenters. The lowest BCUT2D eigenvalue weighted by Gasteiger charge is -2.32. The molecule has 5 heteroatoms. The summed E-state index contributed by atoms with van der Waals surface area (Å²) < 4.78 is 0. The molecule has 0 heterocycles. The maximum Gasteiger partial charge on any atom is 0.239 e. The number of carbonyl (C=O) groups is 2. The van der Waals surface area contributed by atoms with Crippen LogP contribution in [0.5, 0.6) is 0 Å². The molecule has 1 aliphatic carbocycles. The lowest BCUT2D eigenvalue weighted by atomic mass is 9.80. The number of hydrogen-bond acceptors (Lipinski definition) is 3. The number of hydrogen-bond donors (Lipinski definition) is 3. The summed E-state index contributed by atoms with van der Waals surface area (Å²) in [5, 5.41) is 5.73. The van der Waals surface area contributed by atoms with Gasteiger partial charge in [-0.05, 0) is 24.3 Å². The van der Waals surface area contributed by atoms with Gasteiger partial charge in [0.2, 0.25) is 11.8 Å². The molecule has 24 heavy (non-hydrogen) atoms. The quantitative estimate of drug-likeness (QED) is 0.745. The van der Waals surface area contributed by atoms with Crippen molar-refractivity contribution in [1.82, 2.24) is 10.6 Å². The fourth-order valence-corrected chi connectivity index (χ4v) is 3.25. The van der Waals surface area contributed by atoms with Crippen molar-refractivity contribution in [2.24, 2.45) is 11.7 Å². The van der Waals surface area contributed by atoms with E-state index in [1.807, 2.05) is 32.0 Å². The highest BCUT2D eigenvalue weighted by atomic mass is 16.2. The fourth-order valence-electron chi connectivity index (χ4n) is 3.25. The Morgan fingerprint density at radius 2 is 1.83 bits per heavy atom. The van der Waals surface area contributed by atoms with Gasteiger partial charge in [-0.2, -0.15) is 0 Å². The van der Waals surface area contributed by atoms with E-state index in [-0.39, 0.29) is 30.3 Å². The Morgan fingerprint density at radius 1 is 1.17 bits per heavy atom. The highest BCUT2D eigenvalue weighted by Gasteiger charge is 2.27. The largest absolute Gasteiger partial charge is 0.351 e. The molecular formula is C19H29N3O2. The number of amides is 2. The van der Waals surface area contributed by atoms with E-state index in [9.17, 15) is 9.59 Å². The van der Waals surface area contributed by atoms with Crippen molar-refractivity contribution in [3.8, 4) is 0 Å². The van der Waals surface area contributed by atoms with E-state index in [0.717, 1.165) is 19.3 Å². The molecule has 4 N–H and O–H groups in total. The van der Waals surface area contributed by atoms with Crippen molar-refractivity contribution in [3.63, 3.8) is 0 Å². The lowest BCUT2D eigenvalue weighted by molar-refractivity contribution is -0.127. The monoisotopic (exact) mass is 331 g/mol. The first kappa shape index (κ1) is 18.5. The molecule has 1 aromatic carbocycles. The van der Waals surface area contributed by atoms with Gasteiger partial charge in [-0.1, -0.05) is 57.0 Å².